The number of aliphatic hydroxyl groups is 1. The van der Waals surface area contributed by atoms with Crippen LogP contribution in [0, 0.1) is 0 Å². The third-order valence-corrected chi connectivity index (χ3v) is 6.27. The fourth-order valence-electron chi connectivity index (χ4n) is 3.19. The summed E-state index contributed by atoms with van der Waals surface area (Å²) in [5, 5.41) is 10.3. The Kier molecular flexibility index (Phi) is 7.25. The molecule has 0 radical (unpaired) electrons. The van der Waals surface area contributed by atoms with Crippen LogP contribution >= 0.6 is 8.15 Å². The van der Waals surface area contributed by atoms with Crippen LogP contribution in [0.25, 0.3) is 0 Å². The van der Waals surface area contributed by atoms with Gasteiger partial charge in [0.05, 0.1) is 12.5 Å². The zero-order valence-electron chi connectivity index (χ0n) is 14.9. The highest BCUT2D eigenvalue weighted by atomic mass is 31.1. The van der Waals surface area contributed by atoms with E-state index in [2.05, 4.69) is 32.6 Å². The van der Waals surface area contributed by atoms with Gasteiger partial charge in [0.2, 0.25) is 0 Å². The molecule has 0 aromatic heterocycles. The molecule has 1 rings (SSSR count). The molecular weight excluding hydrogens is 301 g/mol. The predicted molar refractivity (Wildman–Crippen MR) is 90.4 cm³/mol. The molecule has 1 fully saturated rings. The minimum absolute atomic E-state index is 0.00291. The Morgan fingerprint density at radius 2 is 2.00 bits per heavy atom. The van der Waals surface area contributed by atoms with Crippen molar-refractivity contribution in [2.24, 2.45) is 0 Å². The molecule has 1 aliphatic rings. The van der Waals surface area contributed by atoms with E-state index in [0.717, 1.165) is 19.0 Å². The summed E-state index contributed by atoms with van der Waals surface area (Å²) in [6.07, 6.45) is 2.56. The fraction of sp³-hybridized carbons (Fsp3) is 0.938. The minimum Gasteiger partial charge on any atom is -0.464 e. The molecule has 1 aliphatic heterocycles. The summed E-state index contributed by atoms with van der Waals surface area (Å²) in [4.78, 5) is 14.0. The Bertz CT molecular complexity index is 373. The van der Waals surface area contributed by atoms with Crippen LogP contribution in [0.5, 0.6) is 0 Å². The highest BCUT2D eigenvalue weighted by Crippen LogP contribution is 2.38. The van der Waals surface area contributed by atoms with Gasteiger partial charge in [-0.05, 0) is 47.2 Å². The van der Waals surface area contributed by atoms with Gasteiger partial charge in [0.25, 0.3) is 0 Å². The number of nitrogens with zero attached hydrogens (tertiary/aromatic N) is 1. The Hall–Kier alpha value is -0.220. The van der Waals surface area contributed by atoms with Crippen molar-refractivity contribution in [1.82, 2.24) is 4.90 Å². The molecule has 2 atom stereocenters. The number of ether oxygens (including phenoxy) is 1. The first-order valence-corrected chi connectivity index (χ1v) is 9.87. The summed E-state index contributed by atoms with van der Waals surface area (Å²) in [5.74, 6) is -0.167. The van der Waals surface area contributed by atoms with Crippen LogP contribution in [0.3, 0.4) is 0 Å². The van der Waals surface area contributed by atoms with E-state index >= 15 is 0 Å². The Labute approximate surface area is 136 Å². The molecule has 5 nitrogen and oxygen atoms in total. The van der Waals surface area contributed by atoms with Gasteiger partial charge in [-0.25, -0.2) is 0 Å². The molecule has 22 heavy (non-hydrogen) atoms. The summed E-state index contributed by atoms with van der Waals surface area (Å²) < 4.78 is 10.5. The molecule has 1 saturated heterocycles. The molecule has 1 heterocycles. The third kappa shape index (κ3) is 5.16. The summed E-state index contributed by atoms with van der Waals surface area (Å²) in [7, 11) is 1.15. The van der Waals surface area contributed by atoms with Gasteiger partial charge in [-0.15, -0.1) is 0 Å². The maximum absolute atomic E-state index is 11.8. The summed E-state index contributed by atoms with van der Waals surface area (Å²) in [5.41, 5.74) is -0.301. The minimum atomic E-state index is -0.519. The van der Waals surface area contributed by atoms with E-state index in [1.54, 1.807) is 7.11 Å². The quantitative estimate of drug-likeness (QED) is 0.573. The van der Waals surface area contributed by atoms with Gasteiger partial charge in [0.1, 0.15) is 6.61 Å². The summed E-state index contributed by atoms with van der Waals surface area (Å²) in [6.45, 7) is 11.5. The molecule has 0 aromatic rings. The second kappa shape index (κ2) is 8.05. The third-order valence-electron chi connectivity index (χ3n) is 4.79. The molecule has 0 amide bonds. The van der Waals surface area contributed by atoms with Crippen molar-refractivity contribution in [3.8, 4) is 0 Å². The van der Waals surface area contributed by atoms with Crippen molar-refractivity contribution in [3.63, 3.8) is 0 Å². The Morgan fingerprint density at radius 3 is 2.59 bits per heavy atom. The highest BCUT2D eigenvalue weighted by Gasteiger charge is 2.46. The van der Waals surface area contributed by atoms with Crippen molar-refractivity contribution in [2.45, 2.75) is 64.1 Å². The van der Waals surface area contributed by atoms with E-state index in [1.807, 2.05) is 6.66 Å². The van der Waals surface area contributed by atoms with E-state index in [4.69, 9.17) is 9.26 Å². The lowest BCUT2D eigenvalue weighted by molar-refractivity contribution is -0.148. The zero-order chi connectivity index (χ0) is 17.0. The number of likely N-dealkylation sites (tertiary alicyclic amines) is 1. The number of piperidine rings is 1. The van der Waals surface area contributed by atoms with Crippen LogP contribution in [0.4, 0.5) is 0 Å². The van der Waals surface area contributed by atoms with Gasteiger partial charge in [0, 0.05) is 39.0 Å². The van der Waals surface area contributed by atoms with Gasteiger partial charge >= 0.3 is 5.97 Å². The summed E-state index contributed by atoms with van der Waals surface area (Å²) in [6, 6.07) is 0. The van der Waals surface area contributed by atoms with E-state index in [0.29, 0.717) is 19.6 Å². The first-order chi connectivity index (χ1) is 10.1. The van der Waals surface area contributed by atoms with Crippen LogP contribution < -0.4 is 0 Å². The number of carbonyl (C=O) groups excluding carboxylic acids is 1. The van der Waals surface area contributed by atoms with Crippen LogP contribution in [-0.4, -0.2) is 66.2 Å². The molecular formula is C16H32NO4P. The maximum Gasteiger partial charge on any atom is 0.306 e. The van der Waals surface area contributed by atoms with Crippen LogP contribution in [0.1, 0.15) is 47.0 Å². The lowest BCUT2D eigenvalue weighted by atomic mass is 9.78. The number of esters is 1. The predicted octanol–water partition coefficient (Wildman–Crippen LogP) is 2.61. The standard InChI is InChI=1S/C16H32NO4P/c1-15(2)9-7-13(18)16(3,4)17(15)10-11-21-14(19)8-12-22(6)20-5/h13,18H,7-12H2,1-6H3. The smallest absolute Gasteiger partial charge is 0.306 e. The van der Waals surface area contributed by atoms with E-state index < -0.39 is 8.15 Å². The van der Waals surface area contributed by atoms with E-state index in [-0.39, 0.29) is 23.2 Å². The van der Waals surface area contributed by atoms with Crippen molar-refractivity contribution >= 4 is 14.1 Å². The van der Waals surface area contributed by atoms with Crippen LogP contribution in [-0.2, 0) is 14.1 Å². The average Bonchev–Trinajstić information content (AvgIpc) is 2.44. The number of carbonyl (C=O) groups is 1. The molecule has 1 N–H and O–H groups in total. The molecule has 2 unspecified atom stereocenters. The average molecular weight is 333 g/mol. The Balaban J connectivity index is 2.46. The van der Waals surface area contributed by atoms with Gasteiger partial charge in [-0.1, -0.05) is 0 Å². The SMILES string of the molecule is COP(C)CCC(=O)OCCN1C(C)(C)CCC(O)C1(C)C. The molecule has 130 valence electrons. The number of aliphatic hydroxyl groups excluding tert-OH is 1. The largest absolute Gasteiger partial charge is 0.464 e. The van der Waals surface area contributed by atoms with Gasteiger partial charge in [-0.2, -0.15) is 0 Å². The van der Waals surface area contributed by atoms with Crippen molar-refractivity contribution in [2.75, 3.05) is 33.1 Å². The molecule has 6 heteroatoms. The van der Waals surface area contributed by atoms with Gasteiger partial charge < -0.3 is 14.4 Å². The van der Waals surface area contributed by atoms with Crippen LogP contribution in [0.15, 0.2) is 0 Å². The first kappa shape index (κ1) is 19.8. The van der Waals surface area contributed by atoms with Crippen molar-refractivity contribution < 1.29 is 19.2 Å². The highest BCUT2D eigenvalue weighted by molar-refractivity contribution is 7.51. The normalized spacial score (nSPS) is 25.7. The number of rotatable bonds is 7. The monoisotopic (exact) mass is 333 g/mol. The lowest BCUT2D eigenvalue weighted by Crippen LogP contribution is -2.65. The fourth-order valence-corrected chi connectivity index (χ4v) is 3.87. The molecule has 0 aliphatic carbocycles. The second-order valence-corrected chi connectivity index (χ2v) is 9.24. The molecule has 0 aromatic carbocycles. The maximum atomic E-state index is 11.8. The molecule has 0 spiro atoms. The second-order valence-electron chi connectivity index (χ2n) is 7.18. The number of hydrogen-bond acceptors (Lipinski definition) is 5. The topological polar surface area (TPSA) is 59.0 Å². The van der Waals surface area contributed by atoms with Crippen molar-refractivity contribution in [1.29, 1.82) is 0 Å². The molecule has 0 bridgehead atoms. The molecule has 0 saturated carbocycles. The Morgan fingerprint density at radius 1 is 1.36 bits per heavy atom. The first-order valence-electron chi connectivity index (χ1n) is 7.98. The lowest BCUT2D eigenvalue weighted by Gasteiger charge is -2.55. The zero-order valence-corrected chi connectivity index (χ0v) is 15.8. The number of hydrogen-bond donors (Lipinski definition) is 1. The summed E-state index contributed by atoms with van der Waals surface area (Å²) >= 11 is 0. The van der Waals surface area contributed by atoms with Gasteiger partial charge in [-0.3, -0.25) is 9.69 Å². The van der Waals surface area contributed by atoms with Gasteiger partial charge in [0.15, 0.2) is 0 Å². The van der Waals surface area contributed by atoms with E-state index in [1.165, 1.54) is 0 Å². The van der Waals surface area contributed by atoms with Crippen molar-refractivity contribution in [3.05, 3.63) is 0 Å². The van der Waals surface area contributed by atoms with E-state index in [9.17, 15) is 9.90 Å². The van der Waals surface area contributed by atoms with Crippen LogP contribution in [0.2, 0.25) is 0 Å².